The Hall–Kier alpha value is -3.45. The van der Waals surface area contributed by atoms with Crippen LogP contribution >= 0.6 is 0 Å². The van der Waals surface area contributed by atoms with Crippen LogP contribution in [-0.4, -0.2) is 49.6 Å². The molecule has 1 heterocycles. The monoisotopic (exact) mass is 582 g/mol. The van der Waals surface area contributed by atoms with E-state index in [0.29, 0.717) is 37.2 Å². The van der Waals surface area contributed by atoms with Gasteiger partial charge in [0, 0.05) is 29.9 Å². The molecule has 0 fully saturated rings. The minimum atomic E-state index is -4.67. The van der Waals surface area contributed by atoms with E-state index < -0.39 is 39.7 Å². The normalized spacial score (nSPS) is 15.1. The number of aliphatic carboxylic acids is 1. The van der Waals surface area contributed by atoms with Crippen LogP contribution in [0.5, 0.6) is 0 Å². The zero-order valence-electron chi connectivity index (χ0n) is 22.1. The van der Waals surface area contributed by atoms with Crippen LogP contribution < -0.4 is 15.4 Å². The van der Waals surface area contributed by atoms with E-state index in [1.54, 1.807) is 0 Å². The van der Waals surface area contributed by atoms with Crippen LogP contribution in [0, 0.1) is 0 Å². The molecule has 0 saturated carbocycles. The third-order valence-electron chi connectivity index (χ3n) is 6.22. The number of amidine groups is 1. The SMILES string of the molecule is CCCCS(=O)(=O)NC(Cc1ccc(NC(=O)c2cc(NC3=NCCCCC3)cc(C(F)(F)F)c2)cc1)C(=O)O. The molecule has 0 radical (unpaired) electrons. The Balaban J connectivity index is 1.73. The largest absolute Gasteiger partial charge is 0.480 e. The molecular weight excluding hydrogens is 549 g/mol. The fourth-order valence-electron chi connectivity index (χ4n) is 4.09. The quantitative estimate of drug-likeness (QED) is 0.293. The van der Waals surface area contributed by atoms with Crippen molar-refractivity contribution in [2.45, 2.75) is 64.1 Å². The van der Waals surface area contributed by atoms with E-state index in [9.17, 15) is 36.3 Å². The standard InChI is InChI=1S/C27H33F3N4O5S/c1-2-3-13-40(38,39)34-23(26(36)37)14-18-8-10-21(11-9-18)33-25(35)19-15-20(27(28,29)30)17-22(16-19)32-24-7-5-4-6-12-31-24/h8-11,15-17,23,34H,2-7,12-14H2,1H3,(H,31,32)(H,33,35)(H,36,37). The molecule has 1 amide bonds. The first kappa shape index (κ1) is 31.1. The second kappa shape index (κ2) is 13.8. The van der Waals surface area contributed by atoms with Crippen molar-refractivity contribution in [1.29, 1.82) is 0 Å². The number of rotatable bonds is 11. The molecule has 2 aromatic carbocycles. The summed E-state index contributed by atoms with van der Waals surface area (Å²) in [5.74, 6) is -1.71. The number of sulfonamides is 1. The molecule has 3 rings (SSSR count). The van der Waals surface area contributed by atoms with Gasteiger partial charge in [0.05, 0.1) is 11.3 Å². The van der Waals surface area contributed by atoms with E-state index in [2.05, 4.69) is 20.3 Å². The topological polar surface area (TPSA) is 137 Å². The molecule has 0 bridgehead atoms. The molecule has 1 aliphatic rings. The van der Waals surface area contributed by atoms with Crippen molar-refractivity contribution in [2.75, 3.05) is 22.9 Å². The van der Waals surface area contributed by atoms with E-state index in [-0.39, 0.29) is 29.1 Å². The van der Waals surface area contributed by atoms with Crippen molar-refractivity contribution >= 4 is 39.1 Å². The van der Waals surface area contributed by atoms with E-state index >= 15 is 0 Å². The van der Waals surface area contributed by atoms with E-state index in [4.69, 9.17) is 0 Å². The van der Waals surface area contributed by atoms with Gasteiger partial charge in [-0.3, -0.25) is 14.6 Å². The molecule has 40 heavy (non-hydrogen) atoms. The summed E-state index contributed by atoms with van der Waals surface area (Å²) in [5.41, 5.74) is -0.323. The molecule has 1 unspecified atom stereocenters. The van der Waals surface area contributed by atoms with Crippen molar-refractivity contribution < 1.29 is 36.3 Å². The maximum Gasteiger partial charge on any atom is 0.416 e. The molecule has 2 aromatic rings. The molecule has 9 nitrogen and oxygen atoms in total. The Morgan fingerprint density at radius 3 is 2.42 bits per heavy atom. The number of carbonyl (C=O) groups is 2. The number of alkyl halides is 3. The minimum Gasteiger partial charge on any atom is -0.480 e. The van der Waals surface area contributed by atoms with Crippen LogP contribution in [0.1, 0.15) is 66.9 Å². The van der Waals surface area contributed by atoms with Crippen molar-refractivity contribution in [1.82, 2.24) is 4.72 Å². The number of hydrogen-bond acceptors (Lipinski definition) is 6. The Kier molecular flexibility index (Phi) is 10.7. The number of benzene rings is 2. The van der Waals surface area contributed by atoms with Crippen LogP contribution in [0.15, 0.2) is 47.5 Å². The summed E-state index contributed by atoms with van der Waals surface area (Å²) in [5, 5.41) is 14.9. The molecular formula is C27H33F3N4O5S. The fraction of sp³-hybridized carbons (Fsp3) is 0.444. The summed E-state index contributed by atoms with van der Waals surface area (Å²) in [7, 11) is -3.77. The van der Waals surface area contributed by atoms with Gasteiger partial charge in [-0.2, -0.15) is 13.2 Å². The number of carboxylic acids is 1. The average Bonchev–Trinajstić information content (AvgIpc) is 3.16. The Morgan fingerprint density at radius 2 is 1.77 bits per heavy atom. The average molecular weight is 583 g/mol. The second-order valence-electron chi connectivity index (χ2n) is 9.60. The van der Waals surface area contributed by atoms with E-state index in [0.717, 1.165) is 31.4 Å². The molecule has 0 aromatic heterocycles. The summed E-state index contributed by atoms with van der Waals surface area (Å²) < 4.78 is 67.2. The summed E-state index contributed by atoms with van der Waals surface area (Å²) in [4.78, 5) is 28.9. The van der Waals surface area contributed by atoms with Crippen LogP contribution in [0.4, 0.5) is 24.5 Å². The second-order valence-corrected chi connectivity index (χ2v) is 11.5. The Labute approximate surface area is 231 Å². The minimum absolute atomic E-state index is 0.108. The molecule has 0 spiro atoms. The summed E-state index contributed by atoms with van der Waals surface area (Å²) in [6, 6.07) is 7.60. The van der Waals surface area contributed by atoms with E-state index in [1.807, 2.05) is 6.92 Å². The van der Waals surface area contributed by atoms with Gasteiger partial charge in [-0.1, -0.05) is 31.9 Å². The molecule has 218 valence electrons. The zero-order valence-corrected chi connectivity index (χ0v) is 22.9. The molecule has 1 atom stereocenters. The molecule has 4 N–H and O–H groups in total. The first-order chi connectivity index (χ1) is 18.9. The highest BCUT2D eigenvalue weighted by atomic mass is 32.2. The number of carbonyl (C=O) groups excluding carboxylic acids is 1. The maximum absolute atomic E-state index is 13.6. The number of carboxylic acid groups (broad SMARTS) is 1. The van der Waals surface area contributed by atoms with Crippen molar-refractivity contribution in [3.8, 4) is 0 Å². The van der Waals surface area contributed by atoms with Gasteiger partial charge in [-0.05, 0) is 61.6 Å². The number of halogens is 3. The zero-order chi connectivity index (χ0) is 29.3. The number of nitrogens with one attached hydrogen (secondary N) is 3. The number of nitrogens with zero attached hydrogens (tertiary/aromatic N) is 1. The van der Waals surface area contributed by atoms with Crippen LogP contribution in [-0.2, 0) is 27.4 Å². The first-order valence-corrected chi connectivity index (χ1v) is 14.7. The lowest BCUT2D eigenvalue weighted by molar-refractivity contribution is -0.139. The van der Waals surface area contributed by atoms with Gasteiger partial charge in [-0.25, -0.2) is 13.1 Å². The number of anilines is 2. The molecule has 0 saturated heterocycles. The highest BCUT2D eigenvalue weighted by Gasteiger charge is 2.32. The summed E-state index contributed by atoms with van der Waals surface area (Å²) in [6.07, 6.45) is -0.409. The lowest BCUT2D eigenvalue weighted by atomic mass is 10.1. The fourth-order valence-corrected chi connectivity index (χ4v) is 5.49. The Bertz CT molecular complexity index is 1330. The van der Waals surface area contributed by atoms with Gasteiger partial charge in [0.2, 0.25) is 10.0 Å². The third kappa shape index (κ3) is 9.63. The predicted octanol–water partition coefficient (Wildman–Crippen LogP) is 5.06. The van der Waals surface area contributed by atoms with Crippen LogP contribution in [0.25, 0.3) is 0 Å². The number of unbranched alkanes of at least 4 members (excludes halogenated alkanes) is 1. The van der Waals surface area contributed by atoms with Crippen LogP contribution in [0.3, 0.4) is 0 Å². The first-order valence-electron chi connectivity index (χ1n) is 13.0. The van der Waals surface area contributed by atoms with Crippen molar-refractivity contribution in [2.24, 2.45) is 4.99 Å². The number of aliphatic imine (C=N–C) groups is 1. The number of amides is 1. The van der Waals surface area contributed by atoms with Gasteiger partial charge in [-0.15, -0.1) is 0 Å². The molecule has 0 aliphatic carbocycles. The smallest absolute Gasteiger partial charge is 0.416 e. The van der Waals surface area contributed by atoms with Gasteiger partial charge in [0.1, 0.15) is 11.9 Å². The highest BCUT2D eigenvalue weighted by molar-refractivity contribution is 7.89. The van der Waals surface area contributed by atoms with Gasteiger partial charge in [0.25, 0.3) is 5.91 Å². The molecule has 13 heteroatoms. The Morgan fingerprint density at radius 1 is 1.05 bits per heavy atom. The van der Waals surface area contributed by atoms with E-state index in [1.165, 1.54) is 30.3 Å². The summed E-state index contributed by atoms with van der Waals surface area (Å²) >= 11 is 0. The highest BCUT2D eigenvalue weighted by Crippen LogP contribution is 2.32. The molecule has 1 aliphatic heterocycles. The lowest BCUT2D eigenvalue weighted by Crippen LogP contribution is -2.43. The maximum atomic E-state index is 13.6. The number of hydrogen-bond donors (Lipinski definition) is 4. The van der Waals surface area contributed by atoms with Crippen molar-refractivity contribution in [3.05, 3.63) is 59.2 Å². The van der Waals surface area contributed by atoms with Gasteiger partial charge < -0.3 is 15.7 Å². The van der Waals surface area contributed by atoms with Crippen LogP contribution in [0.2, 0.25) is 0 Å². The summed E-state index contributed by atoms with van der Waals surface area (Å²) in [6.45, 7) is 2.41. The van der Waals surface area contributed by atoms with Gasteiger partial charge >= 0.3 is 12.1 Å². The third-order valence-corrected chi connectivity index (χ3v) is 7.69. The lowest BCUT2D eigenvalue weighted by Gasteiger charge is -2.16. The van der Waals surface area contributed by atoms with Gasteiger partial charge in [0.15, 0.2) is 0 Å². The van der Waals surface area contributed by atoms with Crippen molar-refractivity contribution in [3.63, 3.8) is 0 Å². The predicted molar refractivity (Wildman–Crippen MR) is 147 cm³/mol.